The Balaban J connectivity index is 3.51. The Hall–Kier alpha value is -0.410. The molecule has 0 heterocycles. The molecule has 0 bridgehead atoms. The molecular weight excluding hydrogens is 132 g/mol. The average Bonchev–Trinajstić information content (AvgIpc) is 1.99. The van der Waals surface area contributed by atoms with Gasteiger partial charge in [0.25, 0.3) is 0 Å². The van der Waals surface area contributed by atoms with E-state index in [4.69, 9.17) is 9.47 Å². The van der Waals surface area contributed by atoms with E-state index in [-0.39, 0.29) is 12.2 Å². The van der Waals surface area contributed by atoms with Crippen molar-refractivity contribution >= 4 is 6.29 Å². The van der Waals surface area contributed by atoms with Crippen LogP contribution < -0.4 is 0 Å². The number of methoxy groups -OCH3 is 2. The highest BCUT2D eigenvalue weighted by atomic mass is 16.7. The van der Waals surface area contributed by atoms with Crippen LogP contribution >= 0.6 is 0 Å². The topological polar surface area (TPSA) is 35.5 Å². The summed E-state index contributed by atoms with van der Waals surface area (Å²) in [7, 11) is 3.12. The lowest BCUT2D eigenvalue weighted by atomic mass is 10.1. The van der Waals surface area contributed by atoms with Gasteiger partial charge in [-0.3, -0.25) is 0 Å². The molecule has 0 saturated heterocycles. The van der Waals surface area contributed by atoms with E-state index in [0.29, 0.717) is 6.42 Å². The molecular formula is C7H14O3. The van der Waals surface area contributed by atoms with Gasteiger partial charge in [0.1, 0.15) is 6.29 Å². The maximum Gasteiger partial charge on any atom is 0.157 e. The third-order valence-electron chi connectivity index (χ3n) is 1.32. The van der Waals surface area contributed by atoms with E-state index in [1.807, 2.05) is 6.92 Å². The van der Waals surface area contributed by atoms with Gasteiger partial charge >= 0.3 is 0 Å². The molecule has 0 spiro atoms. The highest BCUT2D eigenvalue weighted by molar-refractivity contribution is 5.52. The number of carbonyl (C=O) groups is 1. The Morgan fingerprint density at radius 2 is 1.90 bits per heavy atom. The van der Waals surface area contributed by atoms with Crippen molar-refractivity contribution < 1.29 is 14.3 Å². The normalized spacial score (nSPS) is 13.6. The predicted molar refractivity (Wildman–Crippen MR) is 37.7 cm³/mol. The summed E-state index contributed by atoms with van der Waals surface area (Å²) >= 11 is 0. The van der Waals surface area contributed by atoms with Crippen LogP contribution in [0, 0.1) is 5.92 Å². The molecule has 60 valence electrons. The Morgan fingerprint density at radius 3 is 2.20 bits per heavy atom. The van der Waals surface area contributed by atoms with E-state index in [0.717, 1.165) is 6.29 Å². The van der Waals surface area contributed by atoms with Gasteiger partial charge in [-0.25, -0.2) is 0 Å². The summed E-state index contributed by atoms with van der Waals surface area (Å²) in [6.45, 7) is 1.83. The van der Waals surface area contributed by atoms with Crippen molar-refractivity contribution in [2.45, 2.75) is 19.6 Å². The van der Waals surface area contributed by atoms with Crippen LogP contribution in [0.1, 0.15) is 13.3 Å². The Kier molecular flexibility index (Phi) is 5.16. The monoisotopic (exact) mass is 146 g/mol. The van der Waals surface area contributed by atoms with Crippen LogP contribution in [0.5, 0.6) is 0 Å². The molecule has 3 nitrogen and oxygen atoms in total. The van der Waals surface area contributed by atoms with E-state index in [9.17, 15) is 4.79 Å². The number of hydrogen-bond donors (Lipinski definition) is 0. The van der Waals surface area contributed by atoms with Gasteiger partial charge < -0.3 is 14.3 Å². The summed E-state index contributed by atoms with van der Waals surface area (Å²) in [6, 6.07) is 0. The Bertz CT molecular complexity index is 88.9. The van der Waals surface area contributed by atoms with Crippen molar-refractivity contribution in [2.75, 3.05) is 14.2 Å². The second kappa shape index (κ2) is 5.38. The van der Waals surface area contributed by atoms with Gasteiger partial charge in [-0.1, -0.05) is 6.92 Å². The van der Waals surface area contributed by atoms with Crippen LogP contribution in [0.3, 0.4) is 0 Å². The summed E-state index contributed by atoms with van der Waals surface area (Å²) in [5, 5.41) is 0. The van der Waals surface area contributed by atoms with Crippen molar-refractivity contribution in [3.05, 3.63) is 0 Å². The molecule has 0 aliphatic rings. The van der Waals surface area contributed by atoms with Gasteiger partial charge in [0.15, 0.2) is 6.29 Å². The van der Waals surface area contributed by atoms with Gasteiger partial charge in [-0.05, 0) is 0 Å². The molecule has 0 aliphatic heterocycles. The first-order valence-corrected chi connectivity index (χ1v) is 3.25. The summed E-state index contributed by atoms with van der Waals surface area (Å²) in [5.41, 5.74) is 0. The average molecular weight is 146 g/mol. The second-order valence-electron chi connectivity index (χ2n) is 2.25. The molecule has 0 radical (unpaired) electrons. The summed E-state index contributed by atoms with van der Waals surface area (Å²) < 4.78 is 9.78. The van der Waals surface area contributed by atoms with Crippen molar-refractivity contribution in [3.8, 4) is 0 Å². The first kappa shape index (κ1) is 9.59. The largest absolute Gasteiger partial charge is 0.356 e. The lowest BCUT2D eigenvalue weighted by molar-refractivity contribution is -0.125. The molecule has 0 aromatic rings. The predicted octanol–water partition coefficient (Wildman–Crippen LogP) is 0.830. The van der Waals surface area contributed by atoms with Crippen molar-refractivity contribution in [1.29, 1.82) is 0 Å². The summed E-state index contributed by atoms with van der Waals surface area (Å²) in [4.78, 5) is 10.2. The molecule has 10 heavy (non-hydrogen) atoms. The highest BCUT2D eigenvalue weighted by Crippen LogP contribution is 2.05. The van der Waals surface area contributed by atoms with Crippen LogP contribution in [-0.2, 0) is 14.3 Å². The van der Waals surface area contributed by atoms with Crippen molar-refractivity contribution in [1.82, 2.24) is 0 Å². The van der Waals surface area contributed by atoms with Gasteiger partial charge in [0.05, 0.1) is 0 Å². The van der Waals surface area contributed by atoms with E-state index >= 15 is 0 Å². The van der Waals surface area contributed by atoms with Crippen molar-refractivity contribution in [2.24, 2.45) is 5.92 Å². The number of ether oxygens (including phenoxy) is 2. The molecule has 0 rings (SSSR count). The van der Waals surface area contributed by atoms with Crippen molar-refractivity contribution in [3.63, 3.8) is 0 Å². The number of carbonyl (C=O) groups excluding carboxylic acids is 1. The molecule has 0 aromatic carbocycles. The molecule has 0 amide bonds. The third-order valence-corrected chi connectivity index (χ3v) is 1.32. The van der Waals surface area contributed by atoms with Crippen LogP contribution in [0.25, 0.3) is 0 Å². The molecule has 0 fully saturated rings. The minimum atomic E-state index is -0.250. The smallest absolute Gasteiger partial charge is 0.157 e. The van der Waals surface area contributed by atoms with Gasteiger partial charge in [-0.15, -0.1) is 0 Å². The van der Waals surface area contributed by atoms with Crippen LogP contribution in [-0.4, -0.2) is 26.8 Å². The molecule has 0 N–H and O–H groups in total. The number of aldehydes is 1. The number of hydrogen-bond acceptors (Lipinski definition) is 3. The fraction of sp³-hybridized carbons (Fsp3) is 0.857. The zero-order valence-corrected chi connectivity index (χ0v) is 6.66. The highest BCUT2D eigenvalue weighted by Gasteiger charge is 2.09. The minimum absolute atomic E-state index is 0.00454. The van der Waals surface area contributed by atoms with Crippen LogP contribution in [0.4, 0.5) is 0 Å². The van der Waals surface area contributed by atoms with E-state index in [1.54, 1.807) is 14.2 Å². The van der Waals surface area contributed by atoms with Gasteiger partial charge in [-0.2, -0.15) is 0 Å². The quantitative estimate of drug-likeness (QED) is 0.425. The van der Waals surface area contributed by atoms with Crippen LogP contribution in [0.15, 0.2) is 0 Å². The van der Waals surface area contributed by atoms with Crippen LogP contribution in [0.2, 0.25) is 0 Å². The molecule has 0 aromatic heterocycles. The Morgan fingerprint density at radius 1 is 1.40 bits per heavy atom. The maximum absolute atomic E-state index is 10.2. The molecule has 1 atom stereocenters. The Labute approximate surface area is 61.3 Å². The second-order valence-corrected chi connectivity index (χ2v) is 2.25. The SMILES string of the molecule is COC(CC(C)C=O)OC. The standard InChI is InChI=1S/C7H14O3/c1-6(5-8)4-7(9-2)10-3/h5-7H,4H2,1-3H3. The van der Waals surface area contributed by atoms with E-state index in [2.05, 4.69) is 0 Å². The molecule has 0 aliphatic carbocycles. The first-order chi connectivity index (χ1) is 4.74. The summed E-state index contributed by atoms with van der Waals surface area (Å²) in [6.07, 6.45) is 1.27. The summed E-state index contributed by atoms with van der Waals surface area (Å²) in [5.74, 6) is 0.00454. The van der Waals surface area contributed by atoms with Gasteiger partial charge in [0.2, 0.25) is 0 Å². The first-order valence-electron chi connectivity index (χ1n) is 3.25. The minimum Gasteiger partial charge on any atom is -0.356 e. The molecule has 1 unspecified atom stereocenters. The lowest BCUT2D eigenvalue weighted by Crippen LogP contribution is -2.17. The van der Waals surface area contributed by atoms with E-state index < -0.39 is 0 Å². The maximum atomic E-state index is 10.2. The molecule has 3 heteroatoms. The third kappa shape index (κ3) is 3.58. The van der Waals surface area contributed by atoms with E-state index in [1.165, 1.54) is 0 Å². The van der Waals surface area contributed by atoms with Gasteiger partial charge in [0, 0.05) is 26.6 Å². The lowest BCUT2D eigenvalue weighted by Gasteiger charge is -2.13. The zero-order chi connectivity index (χ0) is 7.98. The molecule has 0 saturated carbocycles. The fourth-order valence-corrected chi connectivity index (χ4v) is 0.648. The zero-order valence-electron chi connectivity index (χ0n) is 6.66. The number of rotatable bonds is 5. The fourth-order valence-electron chi connectivity index (χ4n) is 0.648.